The van der Waals surface area contributed by atoms with Crippen molar-refractivity contribution >= 4 is 45.6 Å². The Morgan fingerprint density at radius 3 is 2.33 bits per heavy atom. The van der Waals surface area contributed by atoms with E-state index < -0.39 is 0 Å². The van der Waals surface area contributed by atoms with Gasteiger partial charge in [-0.25, -0.2) is 0 Å². The number of aryl methyl sites for hydroxylation is 1. The highest BCUT2D eigenvalue weighted by Crippen LogP contribution is 2.31. The lowest BCUT2D eigenvalue weighted by molar-refractivity contribution is -0.111. The van der Waals surface area contributed by atoms with Crippen molar-refractivity contribution in [2.24, 2.45) is 5.92 Å². The molecule has 0 amide bonds. The molecule has 3 rings (SSSR count). The van der Waals surface area contributed by atoms with Crippen LogP contribution in [0.5, 0.6) is 0 Å². The van der Waals surface area contributed by atoms with Crippen molar-refractivity contribution in [3.05, 3.63) is 53.6 Å². The second kappa shape index (κ2) is 11.4. The van der Waals surface area contributed by atoms with Crippen LogP contribution in [0.15, 0.2) is 42.5 Å². The maximum atomic E-state index is 10.8. The van der Waals surface area contributed by atoms with Gasteiger partial charge in [0.2, 0.25) is 0 Å². The number of benzene rings is 2. The minimum absolute atomic E-state index is 0.229. The van der Waals surface area contributed by atoms with E-state index in [1.165, 1.54) is 27.5 Å². The van der Waals surface area contributed by atoms with Crippen molar-refractivity contribution in [1.29, 1.82) is 0 Å². The summed E-state index contributed by atoms with van der Waals surface area (Å²) in [6.07, 6.45) is 6.22. The van der Waals surface area contributed by atoms with Crippen LogP contribution in [0.2, 0.25) is 0 Å². The van der Waals surface area contributed by atoms with E-state index in [9.17, 15) is 4.79 Å². The lowest BCUT2D eigenvalue weighted by Gasteiger charge is -2.18. The SMILES string of the molecule is CC.COI.Cc1ccc2cc(C3=CCC(C=O)CC3)ccc2c1. The number of halogens is 1. The van der Waals surface area contributed by atoms with Crippen LogP contribution in [0.3, 0.4) is 0 Å². The summed E-state index contributed by atoms with van der Waals surface area (Å²) in [5.41, 5.74) is 3.99. The van der Waals surface area contributed by atoms with Crippen LogP contribution < -0.4 is 0 Å². The monoisotopic (exact) mass is 438 g/mol. The molecule has 2 aromatic carbocycles. The maximum absolute atomic E-state index is 10.8. The number of allylic oxidation sites excluding steroid dienone is 2. The fourth-order valence-electron chi connectivity index (χ4n) is 2.81. The predicted molar refractivity (Wildman–Crippen MR) is 112 cm³/mol. The maximum Gasteiger partial charge on any atom is 0.123 e. The number of carbonyl (C=O) groups excluding carboxylic acids is 1. The van der Waals surface area contributed by atoms with Crippen LogP contribution in [0.25, 0.3) is 16.3 Å². The van der Waals surface area contributed by atoms with E-state index in [2.05, 4.69) is 52.5 Å². The summed E-state index contributed by atoms with van der Waals surface area (Å²) in [6.45, 7) is 6.12. The lowest BCUT2D eigenvalue weighted by atomic mass is 9.87. The number of aldehydes is 1. The molecule has 0 saturated carbocycles. The molecule has 130 valence electrons. The first-order valence-electron chi connectivity index (χ1n) is 8.47. The Hall–Kier alpha value is -1.20. The van der Waals surface area contributed by atoms with Gasteiger partial charge in [-0.2, -0.15) is 0 Å². The van der Waals surface area contributed by atoms with Crippen LogP contribution >= 0.6 is 23.0 Å². The molecule has 2 nitrogen and oxygen atoms in total. The highest BCUT2D eigenvalue weighted by molar-refractivity contribution is 14.1. The summed E-state index contributed by atoms with van der Waals surface area (Å²) in [4.78, 5) is 10.8. The third-order valence-corrected chi connectivity index (χ3v) is 4.01. The molecular weight excluding hydrogens is 411 g/mol. The van der Waals surface area contributed by atoms with Gasteiger partial charge in [-0.15, -0.1) is 0 Å². The molecule has 1 aliphatic carbocycles. The third-order valence-electron chi connectivity index (χ3n) is 4.01. The first-order valence-corrected chi connectivity index (χ1v) is 9.36. The molecule has 0 fully saturated rings. The zero-order chi connectivity index (χ0) is 17.9. The predicted octanol–water partition coefficient (Wildman–Crippen LogP) is 6.54. The quantitative estimate of drug-likeness (QED) is 0.393. The van der Waals surface area contributed by atoms with Crippen molar-refractivity contribution in [3.8, 4) is 0 Å². The summed E-state index contributed by atoms with van der Waals surface area (Å²) in [5.74, 6) is 0.229. The Morgan fingerprint density at radius 1 is 1.12 bits per heavy atom. The molecule has 2 aromatic rings. The molecule has 24 heavy (non-hydrogen) atoms. The Bertz CT molecular complexity index is 677. The van der Waals surface area contributed by atoms with Crippen LogP contribution in [-0.2, 0) is 7.86 Å². The molecule has 1 aliphatic rings. The lowest BCUT2D eigenvalue weighted by Crippen LogP contribution is -2.06. The average molecular weight is 438 g/mol. The first-order chi connectivity index (χ1) is 11.7. The Balaban J connectivity index is 0.000000521. The molecule has 3 heteroatoms. The molecule has 0 spiro atoms. The molecule has 0 radical (unpaired) electrons. The van der Waals surface area contributed by atoms with Gasteiger partial charge >= 0.3 is 0 Å². The van der Waals surface area contributed by atoms with Crippen molar-refractivity contribution in [2.75, 3.05) is 7.11 Å². The zero-order valence-electron chi connectivity index (χ0n) is 15.0. The molecule has 0 aliphatic heterocycles. The number of carbonyl (C=O) groups is 1. The van der Waals surface area contributed by atoms with Crippen molar-refractivity contribution in [2.45, 2.75) is 40.0 Å². The summed E-state index contributed by atoms with van der Waals surface area (Å²) in [7, 11) is 1.61. The Kier molecular flexibility index (Phi) is 9.88. The van der Waals surface area contributed by atoms with E-state index >= 15 is 0 Å². The second-order valence-electron chi connectivity index (χ2n) is 5.62. The van der Waals surface area contributed by atoms with Crippen molar-refractivity contribution in [1.82, 2.24) is 0 Å². The molecule has 0 heterocycles. The largest absolute Gasteiger partial charge is 0.319 e. The standard InChI is InChI=1S/C18H18O.C2H6.CH3IO/c1-13-2-5-18-11-17(9-8-16(18)10-13)15-6-3-14(12-19)4-7-15;1-2;1-3-2/h2,5-6,8-12,14H,3-4,7H2,1H3;1-2H3;1H3. The van der Waals surface area contributed by atoms with Crippen molar-refractivity contribution < 1.29 is 7.86 Å². The smallest absolute Gasteiger partial charge is 0.123 e. The Labute approximate surface area is 160 Å². The highest BCUT2D eigenvalue weighted by atomic mass is 127. The third kappa shape index (κ3) is 6.02. The van der Waals surface area contributed by atoms with Crippen LogP contribution in [0.4, 0.5) is 0 Å². The normalized spacial score (nSPS) is 16.2. The zero-order valence-corrected chi connectivity index (χ0v) is 17.2. The molecular formula is C21H27IO2. The van der Waals surface area contributed by atoms with Crippen molar-refractivity contribution in [3.63, 3.8) is 0 Å². The summed E-state index contributed by atoms with van der Waals surface area (Å²) < 4.78 is 4.22. The van der Waals surface area contributed by atoms with Gasteiger partial charge in [-0.05, 0) is 54.2 Å². The topological polar surface area (TPSA) is 26.3 Å². The van der Waals surface area contributed by atoms with Gasteiger partial charge in [0.05, 0.1) is 0 Å². The molecule has 0 aromatic heterocycles. The molecule has 1 atom stereocenters. The van der Waals surface area contributed by atoms with Gasteiger partial charge in [0, 0.05) is 13.0 Å². The van der Waals surface area contributed by atoms with Crippen LogP contribution in [-0.4, -0.2) is 13.4 Å². The van der Waals surface area contributed by atoms with Crippen LogP contribution in [0, 0.1) is 12.8 Å². The average Bonchev–Trinajstić information content (AvgIpc) is 2.64. The van der Waals surface area contributed by atoms with E-state index in [1.54, 1.807) is 30.1 Å². The van der Waals surface area contributed by atoms with E-state index in [-0.39, 0.29) is 5.92 Å². The summed E-state index contributed by atoms with van der Waals surface area (Å²) in [6, 6.07) is 13.2. The fraction of sp³-hybridized carbons (Fsp3) is 0.381. The molecule has 0 saturated heterocycles. The van der Waals surface area contributed by atoms with E-state index in [1.807, 2.05) is 13.8 Å². The van der Waals surface area contributed by atoms with Gasteiger partial charge in [-0.1, -0.05) is 55.8 Å². The van der Waals surface area contributed by atoms with Gasteiger partial charge in [0.1, 0.15) is 29.3 Å². The highest BCUT2D eigenvalue weighted by Gasteiger charge is 2.14. The van der Waals surface area contributed by atoms with E-state index in [0.29, 0.717) is 0 Å². The number of hydrogen-bond acceptors (Lipinski definition) is 2. The molecule has 0 N–H and O–H groups in total. The first kappa shape index (κ1) is 20.8. The minimum atomic E-state index is 0.229. The number of hydrogen-bond donors (Lipinski definition) is 0. The summed E-state index contributed by atoms with van der Waals surface area (Å²) >= 11 is 1.79. The van der Waals surface area contributed by atoms with E-state index in [0.717, 1.165) is 25.5 Å². The molecule has 1 unspecified atom stereocenters. The Morgan fingerprint density at radius 2 is 1.75 bits per heavy atom. The number of rotatable bonds is 2. The van der Waals surface area contributed by atoms with Crippen LogP contribution in [0.1, 0.15) is 44.2 Å². The van der Waals surface area contributed by atoms with E-state index in [4.69, 9.17) is 0 Å². The van der Waals surface area contributed by atoms with Gasteiger partial charge in [0.15, 0.2) is 0 Å². The second-order valence-corrected chi connectivity index (χ2v) is 6.50. The number of fused-ring (bicyclic) bond motifs is 1. The fourth-order valence-corrected chi connectivity index (χ4v) is 2.81. The minimum Gasteiger partial charge on any atom is -0.319 e. The molecule has 0 bridgehead atoms. The van der Waals surface area contributed by atoms with Gasteiger partial charge in [-0.3, -0.25) is 0 Å². The van der Waals surface area contributed by atoms with Gasteiger partial charge < -0.3 is 7.86 Å². The summed E-state index contributed by atoms with van der Waals surface area (Å²) in [5, 5.41) is 2.59. The van der Waals surface area contributed by atoms with Gasteiger partial charge in [0.25, 0.3) is 0 Å².